The normalized spacial score (nSPS) is 56.5. The van der Waals surface area contributed by atoms with Crippen molar-refractivity contribution in [3.8, 4) is 0 Å². The van der Waals surface area contributed by atoms with Crippen molar-refractivity contribution in [2.45, 2.75) is 133 Å². The van der Waals surface area contributed by atoms with Gasteiger partial charge in [0.15, 0.2) is 0 Å². The van der Waals surface area contributed by atoms with Gasteiger partial charge in [-0.3, -0.25) is 0 Å². The lowest BCUT2D eigenvalue weighted by atomic mass is 9.32. The minimum absolute atomic E-state index is 0.530. The maximum absolute atomic E-state index is 2.80. The standard InChI is InChI=1S/C28H48.C2H6/c1-19-12-15-26(5)22(24(19,2)3)13-16-28(7)23(26)11-10-21-20-9-8-14-25(20,4)17-18-27(21,28)6;1-2/h19-23H,8-18H2,1-7H3;1-2H3/t19?,20?,21?,22?,23?,25-,26+,27?,28-;/m1./s1. The van der Waals surface area contributed by atoms with Crippen LogP contribution in [0.5, 0.6) is 0 Å². The lowest BCUT2D eigenvalue weighted by molar-refractivity contribution is -0.238. The lowest BCUT2D eigenvalue weighted by Gasteiger charge is -2.72. The lowest BCUT2D eigenvalue weighted by Crippen LogP contribution is -2.65. The summed E-state index contributed by atoms with van der Waals surface area (Å²) in [4.78, 5) is 0. The molecule has 30 heavy (non-hydrogen) atoms. The summed E-state index contributed by atoms with van der Waals surface area (Å²) in [5.74, 6) is 4.87. The Hall–Kier alpha value is 0. The topological polar surface area (TPSA) is 0 Å². The molecule has 0 bridgehead atoms. The maximum Gasteiger partial charge on any atom is -0.0235 e. The van der Waals surface area contributed by atoms with Crippen molar-refractivity contribution in [2.75, 3.05) is 0 Å². The van der Waals surface area contributed by atoms with E-state index in [1.54, 1.807) is 19.3 Å². The molecule has 0 amide bonds. The molecule has 5 fully saturated rings. The van der Waals surface area contributed by atoms with Gasteiger partial charge >= 0.3 is 0 Å². The molecule has 0 aromatic heterocycles. The zero-order valence-corrected chi connectivity index (χ0v) is 22.2. The first kappa shape index (κ1) is 23.2. The monoisotopic (exact) mass is 414 g/mol. The Morgan fingerprint density at radius 2 is 1.27 bits per heavy atom. The molecule has 6 unspecified atom stereocenters. The fourth-order valence-electron chi connectivity index (χ4n) is 11.1. The van der Waals surface area contributed by atoms with E-state index in [4.69, 9.17) is 0 Å². The van der Waals surface area contributed by atoms with E-state index in [9.17, 15) is 0 Å². The Morgan fingerprint density at radius 1 is 0.567 bits per heavy atom. The van der Waals surface area contributed by atoms with Crippen LogP contribution < -0.4 is 0 Å². The van der Waals surface area contributed by atoms with E-state index >= 15 is 0 Å². The fraction of sp³-hybridized carbons (Fsp3) is 1.00. The fourth-order valence-corrected chi connectivity index (χ4v) is 11.1. The Bertz CT molecular complexity index is 646. The van der Waals surface area contributed by atoms with Crippen molar-refractivity contribution < 1.29 is 0 Å². The van der Waals surface area contributed by atoms with Gasteiger partial charge in [0.1, 0.15) is 0 Å². The van der Waals surface area contributed by atoms with Gasteiger partial charge in [0, 0.05) is 0 Å². The van der Waals surface area contributed by atoms with E-state index in [2.05, 4.69) is 48.5 Å². The van der Waals surface area contributed by atoms with E-state index in [1.165, 1.54) is 51.4 Å². The van der Waals surface area contributed by atoms with Crippen LogP contribution in [0.2, 0.25) is 0 Å². The van der Waals surface area contributed by atoms with Gasteiger partial charge in [0.25, 0.3) is 0 Å². The summed E-state index contributed by atoms with van der Waals surface area (Å²) in [6, 6.07) is 0. The second-order valence-corrected chi connectivity index (χ2v) is 14.1. The molecule has 0 aromatic carbocycles. The third-order valence-corrected chi connectivity index (χ3v) is 13.3. The highest BCUT2D eigenvalue weighted by atomic mass is 14.7. The maximum atomic E-state index is 2.80. The number of rotatable bonds is 0. The van der Waals surface area contributed by atoms with Crippen LogP contribution in [-0.4, -0.2) is 0 Å². The summed E-state index contributed by atoms with van der Waals surface area (Å²) in [6.45, 7) is 22.8. The molecule has 0 saturated heterocycles. The predicted molar refractivity (Wildman–Crippen MR) is 131 cm³/mol. The molecular weight excluding hydrogens is 360 g/mol. The van der Waals surface area contributed by atoms with Crippen LogP contribution in [0.1, 0.15) is 133 Å². The zero-order chi connectivity index (χ0) is 22.2. The minimum Gasteiger partial charge on any atom is -0.0683 e. The SMILES string of the molecule is CC.CC1CC[C@@]2(C)C(CC[C@]3(C)C2CCC2C4CCC[C@]4(C)CCC23C)C1(C)C. The molecule has 174 valence electrons. The Morgan fingerprint density at radius 3 is 1.97 bits per heavy atom. The molecule has 0 heterocycles. The quantitative estimate of drug-likeness (QED) is 0.370. The molecule has 9 atom stereocenters. The number of hydrogen-bond acceptors (Lipinski definition) is 0. The van der Waals surface area contributed by atoms with Crippen LogP contribution >= 0.6 is 0 Å². The summed E-state index contributed by atoms with van der Waals surface area (Å²) in [5, 5.41) is 0. The van der Waals surface area contributed by atoms with Crippen molar-refractivity contribution in [1.82, 2.24) is 0 Å². The molecule has 5 rings (SSSR count). The third kappa shape index (κ3) is 2.76. The predicted octanol–water partition coefficient (Wildman–Crippen LogP) is 9.52. The second-order valence-electron chi connectivity index (χ2n) is 14.1. The van der Waals surface area contributed by atoms with Crippen molar-refractivity contribution >= 4 is 0 Å². The van der Waals surface area contributed by atoms with Crippen molar-refractivity contribution in [1.29, 1.82) is 0 Å². The third-order valence-electron chi connectivity index (χ3n) is 13.3. The van der Waals surface area contributed by atoms with Crippen molar-refractivity contribution in [3.05, 3.63) is 0 Å². The van der Waals surface area contributed by atoms with Crippen LogP contribution in [0.4, 0.5) is 0 Å². The van der Waals surface area contributed by atoms with Gasteiger partial charge in [-0.2, -0.15) is 0 Å². The van der Waals surface area contributed by atoms with Gasteiger partial charge in [0.2, 0.25) is 0 Å². The van der Waals surface area contributed by atoms with Crippen LogP contribution in [0.15, 0.2) is 0 Å². The van der Waals surface area contributed by atoms with Gasteiger partial charge in [-0.15, -0.1) is 0 Å². The Balaban J connectivity index is 0.00000106. The summed E-state index contributed by atoms with van der Waals surface area (Å²) < 4.78 is 0. The smallest absolute Gasteiger partial charge is 0.0235 e. The second kappa shape index (κ2) is 7.25. The molecule has 0 spiro atoms. The molecule has 0 radical (unpaired) electrons. The Kier molecular flexibility index (Phi) is 5.60. The van der Waals surface area contributed by atoms with E-state index in [-0.39, 0.29) is 0 Å². The van der Waals surface area contributed by atoms with Crippen LogP contribution in [0.25, 0.3) is 0 Å². The van der Waals surface area contributed by atoms with Gasteiger partial charge in [-0.1, -0.05) is 68.7 Å². The Labute approximate surface area is 189 Å². The molecule has 0 heteroatoms. The average molecular weight is 415 g/mol. The highest BCUT2D eigenvalue weighted by molar-refractivity contribution is 5.17. The molecule has 0 N–H and O–H groups in total. The highest BCUT2D eigenvalue weighted by Crippen LogP contribution is 2.77. The molecule has 0 aromatic rings. The van der Waals surface area contributed by atoms with Gasteiger partial charge in [-0.25, -0.2) is 0 Å². The van der Waals surface area contributed by atoms with E-state index in [1.807, 2.05) is 13.8 Å². The molecule has 5 aliphatic rings. The highest BCUT2D eigenvalue weighted by Gasteiger charge is 2.69. The van der Waals surface area contributed by atoms with Gasteiger partial charge in [-0.05, 0) is 121 Å². The molecule has 0 aliphatic heterocycles. The number of hydrogen-bond donors (Lipinski definition) is 0. The summed E-state index contributed by atoms with van der Waals surface area (Å²) in [5.41, 5.74) is 3.00. The number of fused-ring (bicyclic) bond motifs is 7. The van der Waals surface area contributed by atoms with Crippen LogP contribution in [0, 0.1) is 56.7 Å². The molecule has 5 aliphatic carbocycles. The molecular formula is C30H54. The molecule has 0 nitrogen and oxygen atoms in total. The van der Waals surface area contributed by atoms with E-state index in [0.29, 0.717) is 27.1 Å². The summed E-state index contributed by atoms with van der Waals surface area (Å²) >= 11 is 0. The minimum atomic E-state index is 0.530. The summed E-state index contributed by atoms with van der Waals surface area (Å²) in [7, 11) is 0. The van der Waals surface area contributed by atoms with Crippen LogP contribution in [0.3, 0.4) is 0 Å². The first-order chi connectivity index (χ1) is 14.0. The summed E-state index contributed by atoms with van der Waals surface area (Å²) in [6.07, 6.45) is 16.7. The first-order valence-corrected chi connectivity index (χ1v) is 14.0. The molecule has 5 saturated carbocycles. The van der Waals surface area contributed by atoms with Crippen molar-refractivity contribution in [3.63, 3.8) is 0 Å². The largest absolute Gasteiger partial charge is 0.0683 e. The van der Waals surface area contributed by atoms with Crippen LogP contribution in [-0.2, 0) is 0 Å². The van der Waals surface area contributed by atoms with Crippen molar-refractivity contribution in [2.24, 2.45) is 56.7 Å². The first-order valence-electron chi connectivity index (χ1n) is 14.0. The zero-order valence-electron chi connectivity index (χ0n) is 22.2. The average Bonchev–Trinajstić information content (AvgIpc) is 3.09. The van der Waals surface area contributed by atoms with E-state index in [0.717, 1.165) is 29.6 Å². The van der Waals surface area contributed by atoms with E-state index < -0.39 is 0 Å². The van der Waals surface area contributed by atoms with Gasteiger partial charge in [0.05, 0.1) is 0 Å². The van der Waals surface area contributed by atoms with Gasteiger partial charge < -0.3 is 0 Å².